The highest BCUT2D eigenvalue weighted by Gasteiger charge is 2.43. The van der Waals surface area contributed by atoms with Crippen LogP contribution in [0.15, 0.2) is 29.2 Å². The fraction of sp³-hybridized carbons (Fsp3) is 0.600. The average molecular weight is 364 g/mol. The number of fused-ring (bicyclic) bond motifs is 1. The van der Waals surface area contributed by atoms with Crippen LogP contribution in [0.1, 0.15) is 19.3 Å². The molecule has 3 unspecified atom stereocenters. The predicted octanol–water partition coefficient (Wildman–Crippen LogP) is 2.33. The lowest BCUT2D eigenvalue weighted by Gasteiger charge is -2.29. The monoisotopic (exact) mass is 364 g/mol. The SMILES string of the molecule is NC1CCCC2CN(S(=O)(=O)c3cccc(OC(F)(F)F)c3)CC12. The molecule has 1 aliphatic heterocycles. The van der Waals surface area contributed by atoms with Crippen LogP contribution in [0.3, 0.4) is 0 Å². The van der Waals surface area contributed by atoms with Crippen molar-refractivity contribution < 1.29 is 26.3 Å². The molecule has 1 heterocycles. The van der Waals surface area contributed by atoms with Crippen molar-refractivity contribution in [1.29, 1.82) is 0 Å². The summed E-state index contributed by atoms with van der Waals surface area (Å²) < 4.78 is 67.6. The molecule has 0 bridgehead atoms. The van der Waals surface area contributed by atoms with Crippen molar-refractivity contribution in [1.82, 2.24) is 4.31 Å². The first-order valence-electron chi connectivity index (χ1n) is 7.78. The highest BCUT2D eigenvalue weighted by molar-refractivity contribution is 7.89. The molecule has 134 valence electrons. The lowest BCUT2D eigenvalue weighted by molar-refractivity contribution is -0.274. The number of halogens is 3. The Labute approximate surface area is 138 Å². The van der Waals surface area contributed by atoms with E-state index in [2.05, 4.69) is 4.74 Å². The van der Waals surface area contributed by atoms with E-state index in [4.69, 9.17) is 5.73 Å². The van der Waals surface area contributed by atoms with Crippen LogP contribution in [0.5, 0.6) is 5.75 Å². The van der Waals surface area contributed by atoms with Crippen molar-refractivity contribution in [2.45, 2.75) is 36.6 Å². The first-order valence-corrected chi connectivity index (χ1v) is 9.22. The third-order valence-electron chi connectivity index (χ3n) is 4.80. The largest absolute Gasteiger partial charge is 0.573 e. The molecule has 2 fully saturated rings. The molecular formula is C15H19F3N2O3S. The van der Waals surface area contributed by atoms with E-state index in [9.17, 15) is 21.6 Å². The van der Waals surface area contributed by atoms with E-state index >= 15 is 0 Å². The summed E-state index contributed by atoms with van der Waals surface area (Å²) in [5.74, 6) is -0.210. The van der Waals surface area contributed by atoms with Crippen molar-refractivity contribution in [2.75, 3.05) is 13.1 Å². The summed E-state index contributed by atoms with van der Waals surface area (Å²) in [6, 6.07) is 4.48. The Morgan fingerprint density at radius 3 is 2.62 bits per heavy atom. The summed E-state index contributed by atoms with van der Waals surface area (Å²) in [5, 5.41) is 0. The zero-order valence-electron chi connectivity index (χ0n) is 12.9. The summed E-state index contributed by atoms with van der Waals surface area (Å²) >= 11 is 0. The van der Waals surface area contributed by atoms with Crippen LogP contribution in [0.2, 0.25) is 0 Å². The summed E-state index contributed by atoms with van der Waals surface area (Å²) in [5.41, 5.74) is 6.09. The maximum Gasteiger partial charge on any atom is 0.573 e. The van der Waals surface area contributed by atoms with Gasteiger partial charge in [0.05, 0.1) is 4.90 Å². The minimum Gasteiger partial charge on any atom is -0.406 e. The average Bonchev–Trinajstić information content (AvgIpc) is 2.92. The fourth-order valence-corrected chi connectivity index (χ4v) is 5.22. The lowest BCUT2D eigenvalue weighted by Crippen LogP contribution is -2.38. The van der Waals surface area contributed by atoms with Crippen LogP contribution in [-0.4, -0.2) is 38.2 Å². The van der Waals surface area contributed by atoms with Gasteiger partial charge >= 0.3 is 6.36 Å². The zero-order valence-corrected chi connectivity index (χ0v) is 13.7. The molecule has 0 amide bonds. The number of benzene rings is 1. The van der Waals surface area contributed by atoms with Gasteiger partial charge < -0.3 is 10.5 Å². The van der Waals surface area contributed by atoms with Gasteiger partial charge in [0.1, 0.15) is 5.75 Å². The third-order valence-corrected chi connectivity index (χ3v) is 6.62. The molecule has 2 N–H and O–H groups in total. The second kappa shape index (κ2) is 6.20. The first-order chi connectivity index (χ1) is 11.2. The number of nitrogens with zero attached hydrogens (tertiary/aromatic N) is 1. The lowest BCUT2D eigenvalue weighted by atomic mass is 9.78. The Kier molecular flexibility index (Phi) is 4.52. The van der Waals surface area contributed by atoms with Crippen molar-refractivity contribution in [3.05, 3.63) is 24.3 Å². The molecule has 9 heteroatoms. The number of ether oxygens (including phenoxy) is 1. The molecule has 1 saturated carbocycles. The van der Waals surface area contributed by atoms with Gasteiger partial charge in [-0.05, 0) is 36.8 Å². The summed E-state index contributed by atoms with van der Waals surface area (Å²) in [6.45, 7) is 0.684. The highest BCUT2D eigenvalue weighted by atomic mass is 32.2. The van der Waals surface area contributed by atoms with Gasteiger partial charge in [-0.25, -0.2) is 8.42 Å². The van der Waals surface area contributed by atoms with Crippen molar-refractivity contribution in [3.63, 3.8) is 0 Å². The normalized spacial score (nSPS) is 28.6. The zero-order chi connectivity index (χ0) is 17.5. The van der Waals surface area contributed by atoms with Gasteiger partial charge in [0, 0.05) is 25.2 Å². The molecule has 2 aliphatic rings. The van der Waals surface area contributed by atoms with E-state index in [1.54, 1.807) is 0 Å². The molecule has 5 nitrogen and oxygen atoms in total. The molecule has 1 aromatic rings. The van der Waals surface area contributed by atoms with E-state index in [-0.39, 0.29) is 22.8 Å². The number of sulfonamides is 1. The van der Waals surface area contributed by atoms with E-state index in [1.807, 2.05) is 0 Å². The minimum absolute atomic E-state index is 0.0242. The third kappa shape index (κ3) is 3.52. The molecular weight excluding hydrogens is 345 g/mol. The van der Waals surface area contributed by atoms with Crippen LogP contribution >= 0.6 is 0 Å². The Morgan fingerprint density at radius 2 is 1.96 bits per heavy atom. The molecule has 1 aromatic carbocycles. The Morgan fingerprint density at radius 1 is 1.21 bits per heavy atom. The molecule has 0 aromatic heterocycles. The van der Waals surface area contributed by atoms with Crippen LogP contribution in [0.25, 0.3) is 0 Å². The maximum absolute atomic E-state index is 12.8. The predicted molar refractivity (Wildman–Crippen MR) is 80.7 cm³/mol. The van der Waals surface area contributed by atoms with Crippen LogP contribution in [0, 0.1) is 11.8 Å². The van der Waals surface area contributed by atoms with Crippen LogP contribution in [0.4, 0.5) is 13.2 Å². The van der Waals surface area contributed by atoms with Crippen molar-refractivity contribution in [2.24, 2.45) is 17.6 Å². The molecule has 1 saturated heterocycles. The summed E-state index contributed by atoms with van der Waals surface area (Å²) in [6.07, 6.45) is -2.07. The second-order valence-electron chi connectivity index (χ2n) is 6.36. The van der Waals surface area contributed by atoms with E-state index in [1.165, 1.54) is 16.4 Å². The van der Waals surface area contributed by atoms with Gasteiger partial charge in [-0.2, -0.15) is 4.31 Å². The first kappa shape index (κ1) is 17.5. The standard InChI is InChI=1S/C15H19F3N2O3S/c16-15(17,18)23-11-4-2-5-12(7-11)24(21,22)20-8-10-3-1-6-14(19)13(10)9-20/h2,4-5,7,10,13-14H,1,3,6,8-9,19H2. The molecule has 3 atom stereocenters. The minimum atomic E-state index is -4.86. The van der Waals surface area contributed by atoms with Gasteiger partial charge in [-0.1, -0.05) is 12.5 Å². The Balaban J connectivity index is 1.82. The fourth-order valence-electron chi connectivity index (χ4n) is 3.65. The van der Waals surface area contributed by atoms with Gasteiger partial charge in [0.2, 0.25) is 10.0 Å². The Hall–Kier alpha value is -1.32. The Bertz CT molecular complexity index is 708. The molecule has 1 aliphatic carbocycles. The van der Waals surface area contributed by atoms with E-state index in [0.717, 1.165) is 31.4 Å². The number of alkyl halides is 3. The number of hydrogen-bond acceptors (Lipinski definition) is 4. The van der Waals surface area contributed by atoms with Gasteiger partial charge in [-0.3, -0.25) is 0 Å². The van der Waals surface area contributed by atoms with Gasteiger partial charge in [0.25, 0.3) is 0 Å². The van der Waals surface area contributed by atoms with Crippen LogP contribution in [-0.2, 0) is 10.0 Å². The number of hydrogen-bond donors (Lipinski definition) is 1. The summed E-state index contributed by atoms with van der Waals surface area (Å²) in [7, 11) is -3.87. The number of nitrogens with two attached hydrogens (primary N) is 1. The molecule has 3 rings (SSSR count). The van der Waals surface area contributed by atoms with E-state index < -0.39 is 22.1 Å². The second-order valence-corrected chi connectivity index (χ2v) is 8.30. The molecule has 24 heavy (non-hydrogen) atoms. The topological polar surface area (TPSA) is 72.6 Å². The van der Waals surface area contributed by atoms with Gasteiger partial charge in [-0.15, -0.1) is 13.2 Å². The maximum atomic E-state index is 12.8. The number of rotatable bonds is 3. The highest BCUT2D eigenvalue weighted by Crippen LogP contribution is 2.38. The van der Waals surface area contributed by atoms with E-state index in [0.29, 0.717) is 13.1 Å². The quantitative estimate of drug-likeness (QED) is 0.894. The van der Waals surface area contributed by atoms with Gasteiger partial charge in [0.15, 0.2) is 0 Å². The van der Waals surface area contributed by atoms with Crippen LogP contribution < -0.4 is 10.5 Å². The van der Waals surface area contributed by atoms with Crippen molar-refractivity contribution in [3.8, 4) is 5.75 Å². The smallest absolute Gasteiger partial charge is 0.406 e. The van der Waals surface area contributed by atoms with Crippen molar-refractivity contribution >= 4 is 10.0 Å². The molecule has 0 radical (unpaired) electrons. The summed E-state index contributed by atoms with van der Waals surface area (Å²) in [4.78, 5) is -0.198. The molecule has 0 spiro atoms.